The number of anilines is 2. The summed E-state index contributed by atoms with van der Waals surface area (Å²) in [5, 5.41) is 10.6. The third-order valence-corrected chi connectivity index (χ3v) is 9.64. The predicted molar refractivity (Wildman–Crippen MR) is 168 cm³/mol. The molecule has 2 amide bonds. The van der Waals surface area contributed by atoms with Crippen LogP contribution in [-0.4, -0.2) is 41.6 Å². The van der Waals surface area contributed by atoms with Crippen molar-refractivity contribution >= 4 is 27.6 Å². The quantitative estimate of drug-likeness (QED) is 0.240. The number of urea groups is 1. The van der Waals surface area contributed by atoms with Crippen molar-refractivity contribution in [1.29, 1.82) is 0 Å². The number of nitrogens with zero attached hydrogens (tertiary/aromatic N) is 3. The van der Waals surface area contributed by atoms with Crippen molar-refractivity contribution in [2.24, 2.45) is 5.92 Å². The third-order valence-electron chi connectivity index (χ3n) is 7.74. The first-order chi connectivity index (χ1) is 20.4. The standard InChI is InChI=1S/C33H38FN5O3S/c1-23-8-14-28(15-9-23)39-31(22-30(37-39)33(2,3)4)36-32(40)35-27-12-10-24(11-13-27)20-25-16-18-38(19-17-25)43(41,42)29-7-5-6-26(34)21-29/h5-15,21-22,25H,16-20H2,1-4H3,(H2,35,36,40). The summed E-state index contributed by atoms with van der Waals surface area (Å²) in [6.07, 6.45) is 2.26. The van der Waals surface area contributed by atoms with E-state index in [2.05, 4.69) is 31.4 Å². The first-order valence-electron chi connectivity index (χ1n) is 14.5. The summed E-state index contributed by atoms with van der Waals surface area (Å²) in [6, 6.07) is 22.4. The molecule has 4 aromatic rings. The number of hydrogen-bond donors (Lipinski definition) is 2. The maximum Gasteiger partial charge on any atom is 0.324 e. The van der Waals surface area contributed by atoms with Gasteiger partial charge in [0, 0.05) is 30.3 Å². The molecule has 1 fully saturated rings. The molecule has 0 aliphatic carbocycles. The Morgan fingerprint density at radius 2 is 1.63 bits per heavy atom. The van der Waals surface area contributed by atoms with Crippen molar-refractivity contribution in [2.45, 2.75) is 57.3 Å². The number of aromatic nitrogens is 2. The molecule has 0 radical (unpaired) electrons. The van der Waals surface area contributed by atoms with Gasteiger partial charge in [-0.05, 0) is 80.1 Å². The van der Waals surface area contributed by atoms with E-state index in [1.807, 2.05) is 61.5 Å². The fraction of sp³-hybridized carbons (Fsp3) is 0.333. The molecule has 1 aromatic heterocycles. The van der Waals surface area contributed by atoms with Crippen LogP contribution in [0, 0.1) is 18.7 Å². The van der Waals surface area contributed by atoms with Crippen LogP contribution in [0.1, 0.15) is 50.4 Å². The van der Waals surface area contributed by atoms with E-state index in [0.29, 0.717) is 30.5 Å². The number of piperidine rings is 1. The molecule has 1 aliphatic heterocycles. The maximum absolute atomic E-state index is 13.6. The molecule has 0 bridgehead atoms. The highest BCUT2D eigenvalue weighted by molar-refractivity contribution is 7.89. The average molecular weight is 604 g/mol. The van der Waals surface area contributed by atoms with E-state index in [4.69, 9.17) is 5.10 Å². The molecule has 2 N–H and O–H groups in total. The Morgan fingerprint density at radius 3 is 2.26 bits per heavy atom. The molecule has 1 aliphatic rings. The minimum Gasteiger partial charge on any atom is -0.308 e. The topological polar surface area (TPSA) is 96.3 Å². The van der Waals surface area contributed by atoms with Gasteiger partial charge < -0.3 is 5.32 Å². The summed E-state index contributed by atoms with van der Waals surface area (Å²) < 4.78 is 42.6. The monoisotopic (exact) mass is 603 g/mol. The fourth-order valence-electron chi connectivity index (χ4n) is 5.19. The van der Waals surface area contributed by atoms with Gasteiger partial charge >= 0.3 is 6.03 Å². The lowest BCUT2D eigenvalue weighted by Gasteiger charge is -2.31. The molecule has 0 atom stereocenters. The zero-order chi connectivity index (χ0) is 30.8. The number of hydrogen-bond acceptors (Lipinski definition) is 4. The lowest BCUT2D eigenvalue weighted by atomic mass is 9.91. The number of benzene rings is 3. The molecule has 0 spiro atoms. The Hall–Kier alpha value is -4.02. The van der Waals surface area contributed by atoms with Crippen molar-refractivity contribution in [2.75, 3.05) is 23.7 Å². The van der Waals surface area contributed by atoms with E-state index in [1.54, 1.807) is 4.68 Å². The van der Waals surface area contributed by atoms with E-state index < -0.39 is 15.8 Å². The van der Waals surface area contributed by atoms with Crippen LogP contribution in [0.4, 0.5) is 20.7 Å². The largest absolute Gasteiger partial charge is 0.324 e. The molecular formula is C33H38FN5O3S. The number of sulfonamides is 1. The summed E-state index contributed by atoms with van der Waals surface area (Å²) >= 11 is 0. The van der Waals surface area contributed by atoms with Gasteiger partial charge in [0.15, 0.2) is 0 Å². The van der Waals surface area contributed by atoms with Crippen LogP contribution < -0.4 is 10.6 Å². The van der Waals surface area contributed by atoms with E-state index in [1.165, 1.54) is 22.5 Å². The van der Waals surface area contributed by atoms with Gasteiger partial charge in [-0.3, -0.25) is 5.32 Å². The Morgan fingerprint density at radius 1 is 0.953 bits per heavy atom. The minimum atomic E-state index is -3.71. The van der Waals surface area contributed by atoms with E-state index in [9.17, 15) is 17.6 Å². The highest BCUT2D eigenvalue weighted by Gasteiger charge is 2.29. The normalized spacial score (nSPS) is 14.9. The van der Waals surface area contributed by atoms with Crippen LogP contribution in [0.25, 0.3) is 5.69 Å². The van der Waals surface area contributed by atoms with E-state index >= 15 is 0 Å². The Bertz CT molecular complexity index is 1690. The molecule has 3 aromatic carbocycles. The van der Waals surface area contributed by atoms with Crippen molar-refractivity contribution in [3.8, 4) is 5.69 Å². The molecule has 1 saturated heterocycles. The number of halogens is 1. The van der Waals surface area contributed by atoms with Gasteiger partial charge in [0.25, 0.3) is 0 Å². The Kier molecular flexibility index (Phi) is 8.71. The van der Waals surface area contributed by atoms with Gasteiger partial charge in [-0.2, -0.15) is 9.40 Å². The first-order valence-corrected chi connectivity index (χ1v) is 15.9. The van der Waals surface area contributed by atoms with Gasteiger partial charge in [-0.15, -0.1) is 0 Å². The van der Waals surface area contributed by atoms with Gasteiger partial charge in [-0.25, -0.2) is 22.3 Å². The van der Waals surface area contributed by atoms with Crippen molar-refractivity contribution in [1.82, 2.24) is 14.1 Å². The third kappa shape index (κ3) is 7.32. The number of nitrogens with one attached hydrogen (secondary N) is 2. The molecule has 2 heterocycles. The second kappa shape index (κ2) is 12.3. The van der Waals surface area contributed by atoms with Gasteiger partial charge in [0.2, 0.25) is 10.0 Å². The lowest BCUT2D eigenvalue weighted by molar-refractivity contribution is 0.262. The smallest absolute Gasteiger partial charge is 0.308 e. The molecule has 10 heteroatoms. The highest BCUT2D eigenvalue weighted by atomic mass is 32.2. The zero-order valence-corrected chi connectivity index (χ0v) is 25.8. The van der Waals surface area contributed by atoms with Gasteiger partial charge in [0.1, 0.15) is 11.6 Å². The summed E-state index contributed by atoms with van der Waals surface area (Å²) in [5.74, 6) is 0.351. The van der Waals surface area contributed by atoms with Crippen LogP contribution in [0.5, 0.6) is 0 Å². The number of amides is 2. The highest BCUT2D eigenvalue weighted by Crippen LogP contribution is 2.28. The van der Waals surface area contributed by atoms with Crippen LogP contribution in [-0.2, 0) is 21.9 Å². The maximum atomic E-state index is 13.6. The molecule has 8 nitrogen and oxygen atoms in total. The SMILES string of the molecule is Cc1ccc(-n2nc(C(C)(C)C)cc2NC(=O)Nc2ccc(CC3CCN(S(=O)(=O)c4cccc(F)c4)CC3)cc2)cc1. The van der Waals surface area contributed by atoms with Crippen LogP contribution in [0.15, 0.2) is 83.8 Å². The molecule has 5 rings (SSSR count). The fourth-order valence-corrected chi connectivity index (χ4v) is 6.69. The second-order valence-corrected chi connectivity index (χ2v) is 14.1. The molecule has 0 unspecified atom stereocenters. The van der Waals surface area contributed by atoms with Crippen LogP contribution >= 0.6 is 0 Å². The summed E-state index contributed by atoms with van der Waals surface area (Å²) in [6.45, 7) is 9.08. The average Bonchev–Trinajstić information content (AvgIpc) is 3.39. The van der Waals surface area contributed by atoms with E-state index in [-0.39, 0.29) is 16.3 Å². The zero-order valence-electron chi connectivity index (χ0n) is 25.0. The second-order valence-electron chi connectivity index (χ2n) is 12.2. The molecular weight excluding hydrogens is 565 g/mol. The number of aryl methyl sites for hydroxylation is 1. The number of rotatable bonds is 7. The first kappa shape index (κ1) is 30.4. The van der Waals surface area contributed by atoms with Crippen molar-refractivity contribution < 1.29 is 17.6 Å². The minimum absolute atomic E-state index is 0.00711. The lowest BCUT2D eigenvalue weighted by Crippen LogP contribution is -2.38. The van der Waals surface area contributed by atoms with Crippen LogP contribution in [0.3, 0.4) is 0 Å². The summed E-state index contributed by atoms with van der Waals surface area (Å²) in [5.41, 5.74) is 4.45. The van der Waals surface area contributed by atoms with Gasteiger partial charge in [-0.1, -0.05) is 56.7 Å². The molecule has 0 saturated carbocycles. The predicted octanol–water partition coefficient (Wildman–Crippen LogP) is 6.90. The van der Waals surface area contributed by atoms with Crippen LogP contribution in [0.2, 0.25) is 0 Å². The molecule has 226 valence electrons. The number of carbonyl (C=O) groups is 1. The summed E-state index contributed by atoms with van der Waals surface area (Å²) in [7, 11) is -3.71. The van der Waals surface area contributed by atoms with E-state index in [0.717, 1.165) is 47.8 Å². The van der Waals surface area contributed by atoms with Crippen molar-refractivity contribution in [3.05, 3.63) is 102 Å². The number of carbonyl (C=O) groups excluding carboxylic acids is 1. The van der Waals surface area contributed by atoms with Crippen molar-refractivity contribution in [3.63, 3.8) is 0 Å². The summed E-state index contributed by atoms with van der Waals surface area (Å²) in [4.78, 5) is 13.0. The van der Waals surface area contributed by atoms with Gasteiger partial charge in [0.05, 0.1) is 16.3 Å². The molecule has 43 heavy (non-hydrogen) atoms. The Balaban J connectivity index is 1.17. The Labute approximate surface area is 253 Å².